The summed E-state index contributed by atoms with van der Waals surface area (Å²) < 4.78 is 8.28. The highest BCUT2D eigenvalue weighted by atomic mass is 32.1. The minimum Gasteiger partial charge on any atom is -0.173 e. The molecule has 2 nitrogen and oxygen atoms in total. The lowest BCUT2D eigenvalue weighted by Gasteiger charge is -1.92. The van der Waals surface area contributed by atoms with Crippen LogP contribution in [0.2, 0.25) is 0 Å². The second kappa shape index (κ2) is 4.92. The SMILES string of the molecule is CC.CCc1ccc2nsnc2c1. The zero-order valence-corrected chi connectivity index (χ0v) is 9.06. The van der Waals surface area contributed by atoms with Gasteiger partial charge in [0.1, 0.15) is 11.0 Å². The normalized spacial score (nSPS) is 9.46. The average Bonchev–Trinajstić information content (AvgIpc) is 2.67. The van der Waals surface area contributed by atoms with Crippen LogP contribution in [0.25, 0.3) is 11.0 Å². The zero-order chi connectivity index (χ0) is 9.68. The fraction of sp³-hybridized carbons (Fsp3) is 0.400. The van der Waals surface area contributed by atoms with Crippen LogP contribution in [0.5, 0.6) is 0 Å². The van der Waals surface area contributed by atoms with Gasteiger partial charge in [0.15, 0.2) is 0 Å². The molecule has 0 aliphatic carbocycles. The van der Waals surface area contributed by atoms with Crippen LogP contribution in [0.15, 0.2) is 18.2 Å². The molecule has 2 rings (SSSR count). The molecule has 0 aliphatic heterocycles. The van der Waals surface area contributed by atoms with Crippen molar-refractivity contribution in [3.05, 3.63) is 23.8 Å². The van der Waals surface area contributed by atoms with Gasteiger partial charge in [-0.1, -0.05) is 26.8 Å². The van der Waals surface area contributed by atoms with Crippen LogP contribution in [0.3, 0.4) is 0 Å². The number of hydrogen-bond acceptors (Lipinski definition) is 3. The summed E-state index contributed by atoms with van der Waals surface area (Å²) in [4.78, 5) is 0. The molecule has 0 unspecified atom stereocenters. The monoisotopic (exact) mass is 194 g/mol. The lowest BCUT2D eigenvalue weighted by Crippen LogP contribution is -1.78. The molecule has 0 amide bonds. The van der Waals surface area contributed by atoms with Crippen LogP contribution >= 0.6 is 11.7 Å². The van der Waals surface area contributed by atoms with Crippen LogP contribution in [-0.2, 0) is 6.42 Å². The maximum absolute atomic E-state index is 4.16. The van der Waals surface area contributed by atoms with Crippen molar-refractivity contribution < 1.29 is 0 Å². The minimum atomic E-state index is 1.01. The molecular formula is C10H14N2S. The van der Waals surface area contributed by atoms with Crippen LogP contribution in [0, 0.1) is 0 Å². The van der Waals surface area contributed by atoms with Crippen molar-refractivity contribution in [2.75, 3.05) is 0 Å². The van der Waals surface area contributed by atoms with E-state index in [1.165, 1.54) is 17.3 Å². The Morgan fingerprint density at radius 3 is 2.54 bits per heavy atom. The van der Waals surface area contributed by atoms with Crippen LogP contribution < -0.4 is 0 Å². The Balaban J connectivity index is 0.000000396. The fourth-order valence-corrected chi connectivity index (χ4v) is 1.56. The third-order valence-corrected chi connectivity index (χ3v) is 2.28. The largest absolute Gasteiger partial charge is 0.173 e. The van der Waals surface area contributed by atoms with E-state index in [0.717, 1.165) is 17.5 Å². The van der Waals surface area contributed by atoms with Gasteiger partial charge in [0.05, 0.1) is 11.7 Å². The molecule has 0 bridgehead atoms. The first-order valence-electron chi connectivity index (χ1n) is 4.61. The molecule has 0 spiro atoms. The summed E-state index contributed by atoms with van der Waals surface area (Å²) in [6, 6.07) is 6.22. The van der Waals surface area contributed by atoms with E-state index in [9.17, 15) is 0 Å². The second-order valence-corrected chi connectivity index (χ2v) is 2.97. The summed E-state index contributed by atoms with van der Waals surface area (Å²) >= 11 is 1.27. The summed E-state index contributed by atoms with van der Waals surface area (Å²) in [6.07, 6.45) is 1.06. The van der Waals surface area contributed by atoms with E-state index in [4.69, 9.17) is 0 Å². The first-order valence-corrected chi connectivity index (χ1v) is 5.34. The Labute approximate surface area is 82.9 Å². The summed E-state index contributed by atoms with van der Waals surface area (Å²) in [7, 11) is 0. The van der Waals surface area contributed by atoms with Gasteiger partial charge in [0.2, 0.25) is 0 Å². The number of aryl methyl sites for hydroxylation is 1. The molecule has 2 aromatic rings. The molecule has 0 radical (unpaired) electrons. The van der Waals surface area contributed by atoms with Crippen LogP contribution in [0.4, 0.5) is 0 Å². The van der Waals surface area contributed by atoms with Crippen molar-refractivity contribution in [1.82, 2.24) is 8.75 Å². The third-order valence-electron chi connectivity index (χ3n) is 1.73. The van der Waals surface area contributed by atoms with Gasteiger partial charge in [0, 0.05) is 0 Å². The first-order chi connectivity index (χ1) is 6.40. The Hall–Kier alpha value is -0.960. The number of nitrogens with zero attached hydrogens (tertiary/aromatic N) is 2. The third kappa shape index (κ3) is 2.25. The van der Waals surface area contributed by atoms with Gasteiger partial charge in [-0.3, -0.25) is 0 Å². The lowest BCUT2D eigenvalue weighted by molar-refractivity contribution is 1.14. The molecule has 1 heterocycles. The molecule has 0 atom stereocenters. The van der Waals surface area contributed by atoms with Gasteiger partial charge >= 0.3 is 0 Å². The van der Waals surface area contributed by atoms with E-state index >= 15 is 0 Å². The predicted molar refractivity (Wildman–Crippen MR) is 58.1 cm³/mol. The molecule has 3 heteroatoms. The Kier molecular flexibility index (Phi) is 3.83. The molecule has 70 valence electrons. The quantitative estimate of drug-likeness (QED) is 0.696. The van der Waals surface area contributed by atoms with Gasteiger partial charge in [-0.05, 0) is 24.1 Å². The van der Waals surface area contributed by atoms with Crippen molar-refractivity contribution in [3.8, 4) is 0 Å². The van der Waals surface area contributed by atoms with Crippen LogP contribution in [0.1, 0.15) is 26.3 Å². The molecule has 0 aliphatic rings. The maximum Gasteiger partial charge on any atom is 0.105 e. The maximum atomic E-state index is 4.16. The molecule has 13 heavy (non-hydrogen) atoms. The molecule has 0 saturated carbocycles. The molecule has 1 aromatic heterocycles. The van der Waals surface area contributed by atoms with E-state index in [-0.39, 0.29) is 0 Å². The van der Waals surface area contributed by atoms with Crippen molar-refractivity contribution in [1.29, 1.82) is 0 Å². The summed E-state index contributed by atoms with van der Waals surface area (Å²) in [5.74, 6) is 0. The molecule has 0 fully saturated rings. The van der Waals surface area contributed by atoms with E-state index in [1.807, 2.05) is 19.9 Å². The summed E-state index contributed by atoms with van der Waals surface area (Å²) in [5.41, 5.74) is 3.35. The molecule has 0 N–H and O–H groups in total. The van der Waals surface area contributed by atoms with Gasteiger partial charge in [-0.15, -0.1) is 0 Å². The van der Waals surface area contributed by atoms with Crippen molar-refractivity contribution in [3.63, 3.8) is 0 Å². The number of fused-ring (bicyclic) bond motifs is 1. The van der Waals surface area contributed by atoms with E-state index < -0.39 is 0 Å². The number of hydrogen-bond donors (Lipinski definition) is 0. The first kappa shape index (κ1) is 10.1. The van der Waals surface area contributed by atoms with Gasteiger partial charge < -0.3 is 0 Å². The molecule has 1 aromatic carbocycles. The van der Waals surface area contributed by atoms with Gasteiger partial charge in [-0.25, -0.2) is 0 Å². The highest BCUT2D eigenvalue weighted by molar-refractivity contribution is 7.00. The zero-order valence-electron chi connectivity index (χ0n) is 8.24. The standard InChI is InChI=1S/C8H8N2S.C2H6/c1-2-6-3-4-7-8(5-6)10-11-9-7;1-2/h3-5H,2H2,1H3;1-2H3. The lowest BCUT2D eigenvalue weighted by atomic mass is 10.1. The average molecular weight is 194 g/mol. The fourth-order valence-electron chi connectivity index (χ4n) is 1.05. The Morgan fingerprint density at radius 1 is 1.15 bits per heavy atom. The van der Waals surface area contributed by atoms with Crippen molar-refractivity contribution in [2.45, 2.75) is 27.2 Å². The topological polar surface area (TPSA) is 25.8 Å². The highest BCUT2D eigenvalue weighted by Gasteiger charge is 1.97. The predicted octanol–water partition coefficient (Wildman–Crippen LogP) is 3.28. The smallest absolute Gasteiger partial charge is 0.105 e. The summed E-state index contributed by atoms with van der Waals surface area (Å²) in [5, 5.41) is 0. The number of aromatic nitrogens is 2. The second-order valence-electron chi connectivity index (χ2n) is 2.44. The van der Waals surface area contributed by atoms with E-state index in [0.29, 0.717) is 0 Å². The molecule has 0 saturated heterocycles. The van der Waals surface area contributed by atoms with Crippen molar-refractivity contribution >= 4 is 22.8 Å². The van der Waals surface area contributed by atoms with E-state index in [2.05, 4.69) is 27.8 Å². The number of benzene rings is 1. The van der Waals surface area contributed by atoms with Gasteiger partial charge in [0.25, 0.3) is 0 Å². The highest BCUT2D eigenvalue weighted by Crippen LogP contribution is 2.13. The van der Waals surface area contributed by atoms with Crippen LogP contribution in [-0.4, -0.2) is 8.75 Å². The molecular weight excluding hydrogens is 180 g/mol. The van der Waals surface area contributed by atoms with Crippen molar-refractivity contribution in [2.24, 2.45) is 0 Å². The minimum absolute atomic E-state index is 1.01. The Morgan fingerprint density at radius 2 is 1.85 bits per heavy atom. The Bertz CT molecular complexity index is 368. The number of rotatable bonds is 1. The summed E-state index contributed by atoms with van der Waals surface area (Å²) in [6.45, 7) is 6.14. The van der Waals surface area contributed by atoms with E-state index in [1.54, 1.807) is 0 Å². The van der Waals surface area contributed by atoms with Gasteiger partial charge in [-0.2, -0.15) is 8.75 Å².